The SMILES string of the molecule is Cc1cc([N+](=O)[O-])nn1CC(C)C(=O)N(C)Cc1c(Br)cnn1C. The van der Waals surface area contributed by atoms with Crippen LogP contribution in [0.25, 0.3) is 0 Å². The smallest absolute Gasteiger partial charge is 0.358 e. The Balaban J connectivity index is 2.05. The van der Waals surface area contributed by atoms with E-state index in [1.165, 1.54) is 10.7 Å². The highest BCUT2D eigenvalue weighted by Crippen LogP contribution is 2.18. The third-order valence-corrected chi connectivity index (χ3v) is 4.46. The molecule has 10 heteroatoms. The van der Waals surface area contributed by atoms with Gasteiger partial charge in [-0.25, -0.2) is 0 Å². The molecule has 1 unspecified atom stereocenters. The first-order chi connectivity index (χ1) is 11.2. The number of halogens is 1. The van der Waals surface area contributed by atoms with E-state index >= 15 is 0 Å². The van der Waals surface area contributed by atoms with Crippen molar-refractivity contribution in [3.05, 3.63) is 38.2 Å². The van der Waals surface area contributed by atoms with Gasteiger partial charge in [0.25, 0.3) is 0 Å². The molecular formula is C14H19BrN6O3. The van der Waals surface area contributed by atoms with Gasteiger partial charge in [-0.3, -0.25) is 9.48 Å². The topological polar surface area (TPSA) is 99.1 Å². The molecule has 2 aromatic heterocycles. The van der Waals surface area contributed by atoms with E-state index in [1.807, 2.05) is 7.05 Å². The van der Waals surface area contributed by atoms with Crippen LogP contribution in [-0.4, -0.2) is 42.3 Å². The summed E-state index contributed by atoms with van der Waals surface area (Å²) in [4.78, 5) is 24.4. The number of rotatable bonds is 6. The Hall–Kier alpha value is -2.23. The molecule has 0 saturated carbocycles. The predicted molar refractivity (Wildman–Crippen MR) is 90.2 cm³/mol. The van der Waals surface area contributed by atoms with E-state index in [1.54, 1.807) is 36.7 Å². The average Bonchev–Trinajstić information content (AvgIpc) is 3.03. The van der Waals surface area contributed by atoms with Crippen LogP contribution < -0.4 is 0 Å². The van der Waals surface area contributed by atoms with Gasteiger partial charge in [0.1, 0.15) is 0 Å². The zero-order chi connectivity index (χ0) is 18.0. The molecular weight excluding hydrogens is 380 g/mol. The number of hydrogen-bond donors (Lipinski definition) is 0. The van der Waals surface area contributed by atoms with Gasteiger partial charge in [0.15, 0.2) is 0 Å². The Bertz CT molecular complexity index is 749. The number of aryl methyl sites for hydroxylation is 2. The number of nitrogens with zero attached hydrogens (tertiary/aromatic N) is 6. The van der Waals surface area contributed by atoms with Crippen molar-refractivity contribution < 1.29 is 9.72 Å². The molecule has 0 aromatic carbocycles. The van der Waals surface area contributed by atoms with Crippen LogP contribution in [0.3, 0.4) is 0 Å². The largest absolute Gasteiger partial charge is 0.390 e. The van der Waals surface area contributed by atoms with E-state index in [2.05, 4.69) is 26.1 Å². The molecule has 1 amide bonds. The molecule has 0 spiro atoms. The number of hydrogen-bond acceptors (Lipinski definition) is 5. The molecule has 0 aliphatic rings. The van der Waals surface area contributed by atoms with Crippen LogP contribution in [0.2, 0.25) is 0 Å². The van der Waals surface area contributed by atoms with Crippen molar-refractivity contribution in [1.82, 2.24) is 24.5 Å². The van der Waals surface area contributed by atoms with Crippen molar-refractivity contribution >= 4 is 27.7 Å². The molecule has 1 atom stereocenters. The van der Waals surface area contributed by atoms with E-state index in [9.17, 15) is 14.9 Å². The number of nitro groups is 1. The summed E-state index contributed by atoms with van der Waals surface area (Å²) in [5.74, 6) is -0.639. The normalized spacial score (nSPS) is 12.2. The highest BCUT2D eigenvalue weighted by molar-refractivity contribution is 9.10. The molecule has 24 heavy (non-hydrogen) atoms. The van der Waals surface area contributed by atoms with Gasteiger partial charge in [-0.2, -0.15) is 9.78 Å². The molecule has 0 fully saturated rings. The molecule has 0 aliphatic heterocycles. The van der Waals surface area contributed by atoms with E-state index in [4.69, 9.17) is 0 Å². The predicted octanol–water partition coefficient (Wildman–Crippen LogP) is 1.89. The van der Waals surface area contributed by atoms with Gasteiger partial charge in [0.05, 0.1) is 52.2 Å². The van der Waals surface area contributed by atoms with Crippen molar-refractivity contribution in [1.29, 1.82) is 0 Å². The maximum atomic E-state index is 12.6. The van der Waals surface area contributed by atoms with Crippen LogP contribution in [0.5, 0.6) is 0 Å². The zero-order valence-electron chi connectivity index (χ0n) is 13.9. The summed E-state index contributed by atoms with van der Waals surface area (Å²) < 4.78 is 4.05. The molecule has 2 heterocycles. The Morgan fingerprint density at radius 3 is 2.71 bits per heavy atom. The maximum Gasteiger partial charge on any atom is 0.390 e. The lowest BCUT2D eigenvalue weighted by Crippen LogP contribution is -2.34. The molecule has 0 bridgehead atoms. The molecule has 0 aliphatic carbocycles. The van der Waals surface area contributed by atoms with Crippen LogP contribution in [0, 0.1) is 23.0 Å². The van der Waals surface area contributed by atoms with Gasteiger partial charge in [-0.15, -0.1) is 0 Å². The van der Waals surface area contributed by atoms with Crippen molar-refractivity contribution in [3.8, 4) is 0 Å². The third kappa shape index (κ3) is 3.81. The second-order valence-electron chi connectivity index (χ2n) is 5.74. The van der Waals surface area contributed by atoms with Gasteiger partial charge in [0, 0.05) is 14.1 Å². The quantitative estimate of drug-likeness (QED) is 0.546. The Labute approximate surface area is 147 Å². The Morgan fingerprint density at radius 2 is 2.21 bits per heavy atom. The summed E-state index contributed by atoms with van der Waals surface area (Å²) in [6, 6.07) is 1.40. The first-order valence-corrected chi connectivity index (χ1v) is 8.10. The van der Waals surface area contributed by atoms with Gasteiger partial charge in [-0.1, -0.05) is 6.92 Å². The monoisotopic (exact) mass is 398 g/mol. The molecule has 2 aromatic rings. The maximum absolute atomic E-state index is 12.6. The second-order valence-corrected chi connectivity index (χ2v) is 6.60. The first-order valence-electron chi connectivity index (χ1n) is 7.31. The minimum absolute atomic E-state index is 0.0688. The van der Waals surface area contributed by atoms with Gasteiger partial charge >= 0.3 is 5.82 Å². The average molecular weight is 399 g/mol. The summed E-state index contributed by atoms with van der Waals surface area (Å²) in [6.45, 7) is 4.21. The summed E-state index contributed by atoms with van der Waals surface area (Å²) in [6.07, 6.45) is 1.68. The fourth-order valence-corrected chi connectivity index (χ4v) is 2.87. The van der Waals surface area contributed by atoms with E-state index < -0.39 is 4.92 Å². The van der Waals surface area contributed by atoms with Crippen LogP contribution in [0.4, 0.5) is 5.82 Å². The molecule has 9 nitrogen and oxygen atoms in total. The zero-order valence-corrected chi connectivity index (χ0v) is 15.5. The highest BCUT2D eigenvalue weighted by Gasteiger charge is 2.23. The van der Waals surface area contributed by atoms with Crippen LogP contribution >= 0.6 is 15.9 Å². The minimum Gasteiger partial charge on any atom is -0.358 e. The number of aromatic nitrogens is 4. The summed E-state index contributed by atoms with van der Waals surface area (Å²) in [5, 5.41) is 18.8. The minimum atomic E-state index is -0.540. The van der Waals surface area contributed by atoms with Crippen LogP contribution in [0.1, 0.15) is 18.3 Å². The Kier molecular flexibility index (Phi) is 5.37. The van der Waals surface area contributed by atoms with Crippen molar-refractivity contribution in [2.24, 2.45) is 13.0 Å². The molecule has 130 valence electrons. The molecule has 0 N–H and O–H groups in total. The van der Waals surface area contributed by atoms with Gasteiger partial charge < -0.3 is 15.0 Å². The van der Waals surface area contributed by atoms with E-state index in [0.29, 0.717) is 12.2 Å². The van der Waals surface area contributed by atoms with Crippen molar-refractivity contribution in [2.75, 3.05) is 7.05 Å². The standard InChI is InChI=1S/C14H19BrN6O3/c1-9(7-20-10(2)5-13(17-20)21(23)24)14(22)18(3)8-12-11(15)6-16-19(12)4/h5-6,9H,7-8H2,1-4H3. The lowest BCUT2D eigenvalue weighted by atomic mass is 10.1. The Morgan fingerprint density at radius 1 is 1.54 bits per heavy atom. The third-order valence-electron chi connectivity index (χ3n) is 3.80. The van der Waals surface area contributed by atoms with E-state index in [-0.39, 0.29) is 24.2 Å². The molecule has 0 radical (unpaired) electrons. The van der Waals surface area contributed by atoms with Crippen molar-refractivity contribution in [2.45, 2.75) is 26.9 Å². The fraction of sp³-hybridized carbons (Fsp3) is 0.500. The fourth-order valence-electron chi connectivity index (χ4n) is 2.40. The van der Waals surface area contributed by atoms with Crippen LogP contribution in [-0.2, 0) is 24.9 Å². The lowest BCUT2D eigenvalue weighted by molar-refractivity contribution is -0.389. The molecule has 0 saturated heterocycles. The van der Waals surface area contributed by atoms with Gasteiger partial charge in [0.2, 0.25) is 5.91 Å². The summed E-state index contributed by atoms with van der Waals surface area (Å²) >= 11 is 3.41. The van der Waals surface area contributed by atoms with Crippen LogP contribution in [0.15, 0.2) is 16.7 Å². The first kappa shape index (κ1) is 18.1. The van der Waals surface area contributed by atoms with Gasteiger partial charge in [-0.05, 0) is 27.8 Å². The lowest BCUT2D eigenvalue weighted by Gasteiger charge is -2.21. The highest BCUT2D eigenvalue weighted by atomic mass is 79.9. The number of carbonyl (C=O) groups is 1. The van der Waals surface area contributed by atoms with Crippen molar-refractivity contribution in [3.63, 3.8) is 0 Å². The summed E-state index contributed by atoms with van der Waals surface area (Å²) in [7, 11) is 3.53. The number of carbonyl (C=O) groups excluding carboxylic acids is 1. The molecule has 2 rings (SSSR count). The second kappa shape index (κ2) is 7.12. The summed E-state index contributed by atoms with van der Waals surface area (Å²) in [5.41, 5.74) is 1.54. The number of amides is 1. The van der Waals surface area contributed by atoms with E-state index in [0.717, 1.165) is 10.2 Å².